The summed E-state index contributed by atoms with van der Waals surface area (Å²) < 4.78 is 10.3. The molecular formula is C23H16O9. The second-order valence-electron chi connectivity index (χ2n) is 6.53. The summed E-state index contributed by atoms with van der Waals surface area (Å²) in [4.78, 5) is 46.7. The molecule has 3 N–H and O–H groups in total. The Hall–Kier alpha value is -4.66. The zero-order valence-corrected chi connectivity index (χ0v) is 16.6. The summed E-state index contributed by atoms with van der Waals surface area (Å²) in [5.74, 6) is -5.08. The maximum Gasteiger partial charge on any atom is 0.347 e. The van der Waals surface area contributed by atoms with Gasteiger partial charge in [-0.05, 0) is 47.5 Å². The number of carboxylic acids is 2. The lowest BCUT2D eigenvalue weighted by molar-refractivity contribution is -0.131. The van der Waals surface area contributed by atoms with Crippen molar-refractivity contribution in [3.05, 3.63) is 77.4 Å². The van der Waals surface area contributed by atoms with Gasteiger partial charge in [0, 0.05) is 6.92 Å². The van der Waals surface area contributed by atoms with Gasteiger partial charge >= 0.3 is 23.9 Å². The van der Waals surface area contributed by atoms with Crippen molar-refractivity contribution >= 4 is 23.9 Å². The molecule has 0 aliphatic heterocycles. The fourth-order valence-electron chi connectivity index (χ4n) is 2.89. The van der Waals surface area contributed by atoms with Crippen LogP contribution < -0.4 is 9.47 Å². The fourth-order valence-corrected chi connectivity index (χ4v) is 2.89. The van der Waals surface area contributed by atoms with Crippen molar-refractivity contribution in [1.29, 1.82) is 0 Å². The molecule has 0 fully saturated rings. The van der Waals surface area contributed by atoms with Crippen LogP contribution in [0.4, 0.5) is 0 Å². The number of benzene rings is 3. The molecule has 0 saturated carbocycles. The van der Waals surface area contributed by atoms with Crippen molar-refractivity contribution in [1.82, 2.24) is 0 Å². The van der Waals surface area contributed by atoms with E-state index in [1.54, 1.807) is 6.07 Å². The molecule has 0 heterocycles. The smallest absolute Gasteiger partial charge is 0.347 e. The van der Waals surface area contributed by atoms with E-state index >= 15 is 0 Å². The normalized spacial score (nSPS) is 10.3. The number of aromatic carboxylic acids is 2. The van der Waals surface area contributed by atoms with E-state index in [1.807, 2.05) is 0 Å². The van der Waals surface area contributed by atoms with E-state index in [0.29, 0.717) is 11.1 Å². The first-order chi connectivity index (χ1) is 15.2. The second-order valence-corrected chi connectivity index (χ2v) is 6.53. The van der Waals surface area contributed by atoms with E-state index < -0.39 is 29.6 Å². The van der Waals surface area contributed by atoms with E-state index in [2.05, 4.69) is 0 Å². The molecule has 0 aromatic heterocycles. The van der Waals surface area contributed by atoms with Crippen LogP contribution in [0.3, 0.4) is 0 Å². The number of esters is 2. The first-order valence-corrected chi connectivity index (χ1v) is 9.11. The fraction of sp³-hybridized carbons (Fsp3) is 0.0435. The van der Waals surface area contributed by atoms with Crippen LogP contribution in [0.25, 0.3) is 11.1 Å². The van der Waals surface area contributed by atoms with Gasteiger partial charge in [-0.1, -0.05) is 24.3 Å². The molecule has 0 aliphatic rings. The Morgan fingerprint density at radius 2 is 1.28 bits per heavy atom. The van der Waals surface area contributed by atoms with E-state index in [9.17, 15) is 29.4 Å². The first-order valence-electron chi connectivity index (χ1n) is 9.11. The Morgan fingerprint density at radius 3 is 1.88 bits per heavy atom. The highest BCUT2D eigenvalue weighted by molar-refractivity contribution is 5.98. The Balaban J connectivity index is 2.00. The zero-order valence-electron chi connectivity index (χ0n) is 16.6. The summed E-state index contributed by atoms with van der Waals surface area (Å²) in [6.07, 6.45) is 0. The van der Waals surface area contributed by atoms with E-state index in [1.165, 1.54) is 61.5 Å². The lowest BCUT2D eigenvalue weighted by Crippen LogP contribution is -2.14. The molecule has 3 aromatic rings. The van der Waals surface area contributed by atoms with Crippen molar-refractivity contribution in [2.75, 3.05) is 0 Å². The number of ether oxygens (including phenoxy) is 2. The standard InChI is InChI=1S/C23H16O9/c1-12(24)31-19-5-3-2-4-17(19)23(30)32-20-11-14(7-9-16(20)22(28)29)13-6-8-15(21(26)27)18(25)10-13/h2-11,25H,1H3,(H,26,27)(H,28,29). The molecule has 32 heavy (non-hydrogen) atoms. The molecule has 0 amide bonds. The zero-order chi connectivity index (χ0) is 23.4. The molecule has 0 unspecified atom stereocenters. The molecular weight excluding hydrogens is 420 g/mol. The third-order valence-corrected chi connectivity index (χ3v) is 4.34. The van der Waals surface area contributed by atoms with Gasteiger partial charge in [0.05, 0.1) is 0 Å². The first kappa shape index (κ1) is 22.0. The summed E-state index contributed by atoms with van der Waals surface area (Å²) in [7, 11) is 0. The van der Waals surface area contributed by atoms with E-state index in [-0.39, 0.29) is 28.2 Å². The predicted molar refractivity (Wildman–Crippen MR) is 110 cm³/mol. The van der Waals surface area contributed by atoms with E-state index in [0.717, 1.165) is 0 Å². The van der Waals surface area contributed by atoms with Crippen molar-refractivity contribution < 1.29 is 44.0 Å². The highest BCUT2D eigenvalue weighted by Gasteiger charge is 2.21. The van der Waals surface area contributed by atoms with Crippen LogP contribution in [0.5, 0.6) is 17.2 Å². The third-order valence-electron chi connectivity index (χ3n) is 4.34. The van der Waals surface area contributed by atoms with Gasteiger partial charge < -0.3 is 24.8 Å². The highest BCUT2D eigenvalue weighted by atomic mass is 16.6. The van der Waals surface area contributed by atoms with Gasteiger partial charge in [0.25, 0.3) is 0 Å². The van der Waals surface area contributed by atoms with Crippen LogP contribution in [0.1, 0.15) is 38.0 Å². The number of rotatable bonds is 6. The largest absolute Gasteiger partial charge is 0.507 e. The van der Waals surface area contributed by atoms with Crippen LogP contribution >= 0.6 is 0 Å². The Bertz CT molecular complexity index is 1240. The second kappa shape index (κ2) is 9.00. The third kappa shape index (κ3) is 4.73. The minimum Gasteiger partial charge on any atom is -0.507 e. The van der Waals surface area contributed by atoms with Crippen molar-refractivity contribution in [2.45, 2.75) is 6.92 Å². The van der Waals surface area contributed by atoms with Crippen molar-refractivity contribution in [2.24, 2.45) is 0 Å². The number of carbonyl (C=O) groups excluding carboxylic acids is 2. The van der Waals surface area contributed by atoms with Crippen molar-refractivity contribution in [3.63, 3.8) is 0 Å². The summed E-state index contributed by atoms with van der Waals surface area (Å²) in [6.45, 7) is 1.17. The van der Waals surface area contributed by atoms with Crippen LogP contribution in [-0.4, -0.2) is 39.2 Å². The highest BCUT2D eigenvalue weighted by Crippen LogP contribution is 2.32. The molecule has 0 spiro atoms. The van der Waals surface area contributed by atoms with Gasteiger partial charge in [-0.2, -0.15) is 0 Å². The maximum atomic E-state index is 12.7. The summed E-state index contributed by atoms with van der Waals surface area (Å²) in [6, 6.07) is 13.5. The minimum atomic E-state index is -1.35. The summed E-state index contributed by atoms with van der Waals surface area (Å²) in [5, 5.41) is 28.4. The number of para-hydroxylation sites is 1. The Labute approximate surface area is 181 Å². The molecule has 9 nitrogen and oxygen atoms in total. The predicted octanol–water partition coefficient (Wildman–Crippen LogP) is 3.60. The molecule has 0 atom stereocenters. The summed E-state index contributed by atoms with van der Waals surface area (Å²) >= 11 is 0. The molecule has 3 aromatic carbocycles. The number of carboxylic acid groups (broad SMARTS) is 2. The van der Waals surface area contributed by atoms with Crippen LogP contribution in [-0.2, 0) is 4.79 Å². The number of hydrogen-bond acceptors (Lipinski definition) is 7. The quantitative estimate of drug-likeness (QED) is 0.389. The minimum absolute atomic E-state index is 0.0489. The number of hydrogen-bond donors (Lipinski definition) is 3. The molecule has 0 saturated heterocycles. The SMILES string of the molecule is CC(=O)Oc1ccccc1C(=O)Oc1cc(-c2ccc(C(=O)O)c(O)c2)ccc1C(=O)O. The number of aromatic hydroxyl groups is 1. The average Bonchev–Trinajstić information content (AvgIpc) is 2.73. The van der Waals surface area contributed by atoms with Crippen LogP contribution in [0.15, 0.2) is 60.7 Å². The van der Waals surface area contributed by atoms with Gasteiger partial charge in [-0.3, -0.25) is 4.79 Å². The molecule has 0 radical (unpaired) electrons. The van der Waals surface area contributed by atoms with Gasteiger partial charge in [0.15, 0.2) is 0 Å². The van der Waals surface area contributed by atoms with Crippen molar-refractivity contribution in [3.8, 4) is 28.4 Å². The average molecular weight is 436 g/mol. The monoisotopic (exact) mass is 436 g/mol. The van der Waals surface area contributed by atoms with Gasteiger partial charge in [0.2, 0.25) is 0 Å². The Morgan fingerprint density at radius 1 is 0.688 bits per heavy atom. The Kier molecular flexibility index (Phi) is 6.20. The van der Waals surface area contributed by atoms with Gasteiger partial charge in [-0.15, -0.1) is 0 Å². The number of carbonyl (C=O) groups is 4. The van der Waals surface area contributed by atoms with Gasteiger partial charge in [0.1, 0.15) is 33.9 Å². The van der Waals surface area contributed by atoms with Gasteiger partial charge in [-0.25, -0.2) is 14.4 Å². The van der Waals surface area contributed by atoms with E-state index in [4.69, 9.17) is 14.6 Å². The molecule has 3 rings (SSSR count). The summed E-state index contributed by atoms with van der Waals surface area (Å²) in [5.41, 5.74) is 0.0244. The topological polar surface area (TPSA) is 147 Å². The molecule has 162 valence electrons. The maximum absolute atomic E-state index is 12.7. The molecule has 0 aliphatic carbocycles. The lowest BCUT2D eigenvalue weighted by Gasteiger charge is -2.12. The molecule has 0 bridgehead atoms. The lowest BCUT2D eigenvalue weighted by atomic mass is 10.0. The molecule has 9 heteroatoms. The van der Waals surface area contributed by atoms with Crippen LogP contribution in [0.2, 0.25) is 0 Å². The number of phenols is 1. The van der Waals surface area contributed by atoms with Crippen LogP contribution in [0, 0.1) is 0 Å².